The third-order valence-electron chi connectivity index (χ3n) is 1.58. The number of H-pyrrole nitrogens is 1. The first kappa shape index (κ1) is 11.3. The van der Waals surface area contributed by atoms with E-state index in [9.17, 15) is 13.0 Å². The van der Waals surface area contributed by atoms with Crippen molar-refractivity contribution in [2.75, 3.05) is 0 Å². The van der Waals surface area contributed by atoms with Gasteiger partial charge < -0.3 is 4.55 Å². The van der Waals surface area contributed by atoms with Crippen LogP contribution in [0.4, 0.5) is 0 Å². The summed E-state index contributed by atoms with van der Waals surface area (Å²) in [7, 11) is -4.47. The summed E-state index contributed by atoms with van der Waals surface area (Å²) >= 11 is 0. The van der Waals surface area contributed by atoms with E-state index in [1.54, 1.807) is 6.07 Å². The molecule has 0 atom stereocenters. The van der Waals surface area contributed by atoms with Crippen LogP contribution in [0, 0.1) is 0 Å². The van der Waals surface area contributed by atoms with Crippen LogP contribution in [0.3, 0.4) is 0 Å². The minimum Gasteiger partial charge on any atom is -0.744 e. The fraction of sp³-hybridized carbons (Fsp3) is 0. The summed E-state index contributed by atoms with van der Waals surface area (Å²) in [6, 6.07) is 4.20. The maximum Gasteiger partial charge on any atom is 1.00 e. The number of rotatable bonds is 1. The number of nitrogens with one attached hydrogen (secondary N) is 1. The Balaban J connectivity index is 0.000000980. The molecule has 0 aliphatic carbocycles. The molecule has 0 radical (unpaired) electrons. The van der Waals surface area contributed by atoms with Crippen molar-refractivity contribution in [2.24, 2.45) is 0 Å². The standard InChI is InChI=1S/C6H5N3O3S.Ag/c10-13(11,12)5-3-1-2-4-6(5)8-9-7-4;/h1-3H,(H,7,8,9)(H,10,11,12);/q;+1/p-1. The minimum atomic E-state index is -4.47. The van der Waals surface area contributed by atoms with E-state index >= 15 is 0 Å². The average Bonchev–Trinajstić information content (AvgIpc) is 2.48. The molecule has 0 unspecified atom stereocenters. The number of benzene rings is 1. The van der Waals surface area contributed by atoms with Gasteiger partial charge in [0.25, 0.3) is 0 Å². The van der Waals surface area contributed by atoms with Crippen molar-refractivity contribution < 1.29 is 35.4 Å². The van der Waals surface area contributed by atoms with Gasteiger partial charge in [-0.05, 0) is 12.1 Å². The molecule has 1 N–H and O–H groups in total. The SMILES string of the molecule is O=S(=O)([O-])c1cccc2n[nH]nc12.[Ag+]. The summed E-state index contributed by atoms with van der Waals surface area (Å²) in [6.45, 7) is 0. The topological polar surface area (TPSA) is 98.8 Å². The molecular formula is C6H4AgN3O3S. The van der Waals surface area contributed by atoms with Gasteiger partial charge in [0.05, 0.1) is 4.90 Å². The predicted octanol–water partition coefficient (Wildman–Crippen LogP) is -0.140. The monoisotopic (exact) mass is 305 g/mol. The third-order valence-corrected chi connectivity index (χ3v) is 2.45. The summed E-state index contributed by atoms with van der Waals surface area (Å²) in [5.41, 5.74) is 0.439. The molecule has 14 heavy (non-hydrogen) atoms. The Morgan fingerprint density at radius 1 is 1.29 bits per heavy atom. The Bertz CT molecular complexity index is 550. The second-order valence-corrected chi connectivity index (χ2v) is 3.75. The van der Waals surface area contributed by atoms with Gasteiger partial charge in [-0.2, -0.15) is 15.4 Å². The molecule has 1 aromatic heterocycles. The molecule has 0 bridgehead atoms. The number of aromatic amines is 1. The molecule has 0 aliphatic heterocycles. The number of aromatic nitrogens is 3. The third kappa shape index (κ3) is 1.86. The zero-order valence-electron chi connectivity index (χ0n) is 6.56. The first-order valence-electron chi connectivity index (χ1n) is 3.34. The Kier molecular flexibility index (Phi) is 3.07. The van der Waals surface area contributed by atoms with Crippen LogP contribution in [0.5, 0.6) is 0 Å². The summed E-state index contributed by atoms with van der Waals surface area (Å²) in [5.74, 6) is 0. The van der Waals surface area contributed by atoms with Crippen molar-refractivity contribution in [1.29, 1.82) is 0 Å². The van der Waals surface area contributed by atoms with Gasteiger partial charge >= 0.3 is 22.4 Å². The van der Waals surface area contributed by atoms with Crippen LogP contribution < -0.4 is 0 Å². The molecule has 0 saturated heterocycles. The van der Waals surface area contributed by atoms with E-state index in [-0.39, 0.29) is 32.8 Å². The van der Waals surface area contributed by atoms with Gasteiger partial charge in [-0.15, -0.1) is 0 Å². The van der Waals surface area contributed by atoms with Crippen molar-refractivity contribution in [3.05, 3.63) is 18.2 Å². The normalized spacial score (nSPS) is 11.2. The largest absolute Gasteiger partial charge is 1.00 e. The van der Waals surface area contributed by atoms with Crippen molar-refractivity contribution in [1.82, 2.24) is 15.4 Å². The molecule has 1 aromatic carbocycles. The van der Waals surface area contributed by atoms with Gasteiger partial charge in [-0.1, -0.05) is 6.07 Å². The predicted molar refractivity (Wildman–Crippen MR) is 41.9 cm³/mol. The van der Waals surface area contributed by atoms with Crippen LogP contribution in [0.15, 0.2) is 23.1 Å². The van der Waals surface area contributed by atoms with Crippen LogP contribution in [0.25, 0.3) is 11.0 Å². The van der Waals surface area contributed by atoms with Crippen LogP contribution >= 0.6 is 0 Å². The van der Waals surface area contributed by atoms with Crippen LogP contribution in [-0.2, 0) is 32.5 Å². The summed E-state index contributed by atoms with van der Waals surface area (Å²) in [4.78, 5) is -0.348. The van der Waals surface area contributed by atoms with Crippen molar-refractivity contribution >= 4 is 21.2 Å². The van der Waals surface area contributed by atoms with Gasteiger partial charge in [0.15, 0.2) is 0 Å². The smallest absolute Gasteiger partial charge is 0.744 e. The zero-order chi connectivity index (χ0) is 9.47. The molecule has 8 heteroatoms. The molecule has 0 spiro atoms. The van der Waals surface area contributed by atoms with E-state index in [1.165, 1.54) is 12.1 Å². The van der Waals surface area contributed by atoms with Gasteiger partial charge in [-0.3, -0.25) is 0 Å². The Hall–Kier alpha value is -0.730. The van der Waals surface area contributed by atoms with Gasteiger partial charge in [0, 0.05) is 0 Å². The molecule has 0 fully saturated rings. The second kappa shape index (κ2) is 3.79. The first-order valence-corrected chi connectivity index (χ1v) is 4.75. The quantitative estimate of drug-likeness (QED) is 0.584. The number of fused-ring (bicyclic) bond motifs is 1. The van der Waals surface area contributed by atoms with Gasteiger partial charge in [0.1, 0.15) is 21.2 Å². The summed E-state index contributed by atoms with van der Waals surface area (Å²) < 4.78 is 32.1. The average molecular weight is 306 g/mol. The fourth-order valence-corrected chi connectivity index (χ4v) is 1.68. The molecule has 1 heterocycles. The maximum atomic E-state index is 10.7. The molecule has 2 rings (SSSR count). The van der Waals surface area contributed by atoms with E-state index in [2.05, 4.69) is 15.4 Å². The number of hydrogen-bond donors (Lipinski definition) is 1. The van der Waals surface area contributed by atoms with Gasteiger partial charge in [-0.25, -0.2) is 8.42 Å². The van der Waals surface area contributed by atoms with Crippen LogP contribution in [0.2, 0.25) is 0 Å². The Labute approximate surface area is 95.0 Å². The number of nitrogens with zero attached hydrogens (tertiary/aromatic N) is 2. The second-order valence-electron chi connectivity index (χ2n) is 2.40. The maximum absolute atomic E-state index is 10.7. The number of hydrogen-bond acceptors (Lipinski definition) is 5. The van der Waals surface area contributed by atoms with Gasteiger partial charge in [0.2, 0.25) is 0 Å². The van der Waals surface area contributed by atoms with E-state index in [4.69, 9.17) is 0 Å². The molecule has 6 nitrogen and oxygen atoms in total. The van der Waals surface area contributed by atoms with Crippen LogP contribution in [0.1, 0.15) is 0 Å². The van der Waals surface area contributed by atoms with Crippen molar-refractivity contribution in [2.45, 2.75) is 4.90 Å². The van der Waals surface area contributed by atoms with Crippen molar-refractivity contribution in [3.63, 3.8) is 0 Å². The van der Waals surface area contributed by atoms with E-state index in [0.717, 1.165) is 0 Å². The number of para-hydroxylation sites is 1. The van der Waals surface area contributed by atoms with E-state index in [0.29, 0.717) is 5.52 Å². The first-order chi connectivity index (χ1) is 6.09. The summed E-state index contributed by atoms with van der Waals surface area (Å²) in [5, 5.41) is 9.47. The molecular weight excluding hydrogens is 302 g/mol. The zero-order valence-corrected chi connectivity index (χ0v) is 8.86. The van der Waals surface area contributed by atoms with E-state index < -0.39 is 10.1 Å². The molecule has 0 amide bonds. The fourth-order valence-electron chi connectivity index (χ4n) is 1.04. The molecule has 0 saturated carbocycles. The Morgan fingerprint density at radius 2 is 2.00 bits per heavy atom. The summed E-state index contributed by atoms with van der Waals surface area (Å²) in [6.07, 6.45) is 0. The van der Waals surface area contributed by atoms with Crippen molar-refractivity contribution in [3.8, 4) is 0 Å². The minimum absolute atomic E-state index is 0. The molecule has 2 aromatic rings. The van der Waals surface area contributed by atoms with E-state index in [1.807, 2.05) is 0 Å². The van der Waals surface area contributed by atoms with Crippen LogP contribution in [-0.4, -0.2) is 28.4 Å². The molecule has 0 aliphatic rings. The molecule has 78 valence electrons. The Morgan fingerprint density at radius 3 is 2.64 bits per heavy atom.